The molecule has 1 N–H and O–H groups in total. The minimum absolute atomic E-state index is 0.0235. The molecule has 10 heteroatoms. The molecule has 0 bridgehead atoms. The van der Waals surface area contributed by atoms with Gasteiger partial charge in [-0.25, -0.2) is 4.57 Å². The molecule has 0 spiro atoms. The molecule has 0 aromatic rings. The number of hydrogen-bond acceptors (Lipinski definition) is 7. The van der Waals surface area contributed by atoms with Gasteiger partial charge in [0.15, 0.2) is 6.10 Å². The predicted octanol–water partition coefficient (Wildman–Crippen LogP) is 18.1. The number of carbonyl (C=O) groups is 2. The second-order valence-corrected chi connectivity index (χ2v) is 22.5. The van der Waals surface area contributed by atoms with Crippen molar-refractivity contribution >= 4 is 19.8 Å². The summed E-state index contributed by atoms with van der Waals surface area (Å²) in [6.45, 7) is 4.30. The maximum atomic E-state index is 12.7. The van der Waals surface area contributed by atoms with E-state index in [9.17, 15) is 19.0 Å². The van der Waals surface area contributed by atoms with Crippen LogP contribution in [0.4, 0.5) is 0 Å². The van der Waals surface area contributed by atoms with E-state index in [0.717, 1.165) is 57.8 Å². The van der Waals surface area contributed by atoms with Crippen LogP contribution in [0.2, 0.25) is 0 Å². The molecule has 0 saturated carbocycles. The van der Waals surface area contributed by atoms with E-state index >= 15 is 0 Å². The maximum Gasteiger partial charge on any atom is 0.472 e. The van der Waals surface area contributed by atoms with Gasteiger partial charge < -0.3 is 18.9 Å². The Balaban J connectivity index is 4.02. The fraction of sp³-hybridized carbons (Fsp3) is 0.833. The Labute approximate surface area is 433 Å². The first-order valence-corrected chi connectivity index (χ1v) is 30.9. The van der Waals surface area contributed by atoms with Gasteiger partial charge in [0.2, 0.25) is 0 Å². The molecule has 0 radical (unpaired) electrons. The average molecular weight is 1010 g/mol. The van der Waals surface area contributed by atoms with Crippen LogP contribution in [0.25, 0.3) is 0 Å². The maximum absolute atomic E-state index is 12.7. The summed E-state index contributed by atoms with van der Waals surface area (Å²) in [5, 5.41) is 0. The molecule has 70 heavy (non-hydrogen) atoms. The van der Waals surface area contributed by atoms with E-state index < -0.39 is 26.5 Å². The Morgan fingerprint density at radius 1 is 0.457 bits per heavy atom. The summed E-state index contributed by atoms with van der Waals surface area (Å²) in [5.41, 5.74) is 0. The second kappa shape index (κ2) is 51.9. The lowest BCUT2D eigenvalue weighted by Crippen LogP contribution is -2.37. The Morgan fingerprint density at radius 2 is 0.814 bits per heavy atom. The highest BCUT2D eigenvalue weighted by Gasteiger charge is 2.27. The van der Waals surface area contributed by atoms with Crippen LogP contribution in [0.1, 0.15) is 271 Å². The number of phosphoric acid groups is 1. The first kappa shape index (κ1) is 68.0. The van der Waals surface area contributed by atoms with Gasteiger partial charge in [0, 0.05) is 12.8 Å². The second-order valence-electron chi connectivity index (χ2n) is 21.0. The molecule has 0 aromatic carbocycles. The van der Waals surface area contributed by atoms with Gasteiger partial charge in [0.1, 0.15) is 19.8 Å². The molecule has 0 aliphatic carbocycles. The fourth-order valence-electron chi connectivity index (χ4n) is 8.36. The molecule has 0 aliphatic heterocycles. The lowest BCUT2D eigenvalue weighted by atomic mass is 10.0. The monoisotopic (exact) mass is 1010 g/mol. The molecule has 9 nitrogen and oxygen atoms in total. The van der Waals surface area contributed by atoms with Gasteiger partial charge in [-0.2, -0.15) is 0 Å². The smallest absolute Gasteiger partial charge is 0.462 e. The number of phosphoric ester groups is 1. The van der Waals surface area contributed by atoms with Gasteiger partial charge in [-0.05, 0) is 51.4 Å². The quantitative estimate of drug-likeness (QED) is 0.0211. The van der Waals surface area contributed by atoms with Crippen molar-refractivity contribution in [2.75, 3.05) is 47.5 Å². The summed E-state index contributed by atoms with van der Waals surface area (Å²) in [6, 6.07) is 0. The number of nitrogens with zero attached hydrogens (tertiary/aromatic N) is 1. The predicted molar refractivity (Wildman–Crippen MR) is 298 cm³/mol. The highest BCUT2D eigenvalue weighted by atomic mass is 31.2. The third kappa shape index (κ3) is 55.3. The zero-order valence-corrected chi connectivity index (χ0v) is 47.4. The largest absolute Gasteiger partial charge is 0.472 e. The van der Waals surface area contributed by atoms with Crippen molar-refractivity contribution in [1.82, 2.24) is 0 Å². The topological polar surface area (TPSA) is 108 Å². The van der Waals surface area contributed by atoms with Crippen molar-refractivity contribution in [3.63, 3.8) is 0 Å². The van der Waals surface area contributed by atoms with Gasteiger partial charge in [0.05, 0.1) is 27.7 Å². The molecule has 0 saturated heterocycles. The Bertz CT molecular complexity index is 1320. The van der Waals surface area contributed by atoms with E-state index in [4.69, 9.17) is 18.5 Å². The third-order valence-electron chi connectivity index (χ3n) is 12.9. The number of unbranched alkanes of at least 4 members (excludes halogenated alkanes) is 32. The lowest BCUT2D eigenvalue weighted by Gasteiger charge is -2.24. The van der Waals surface area contributed by atoms with E-state index in [2.05, 4.69) is 62.5 Å². The van der Waals surface area contributed by atoms with Crippen LogP contribution in [0.15, 0.2) is 48.6 Å². The molecule has 2 unspecified atom stereocenters. The van der Waals surface area contributed by atoms with E-state index in [1.165, 1.54) is 180 Å². The van der Waals surface area contributed by atoms with Crippen LogP contribution < -0.4 is 0 Å². The summed E-state index contributed by atoms with van der Waals surface area (Å²) in [5.74, 6) is -0.838. The minimum Gasteiger partial charge on any atom is -0.462 e. The van der Waals surface area contributed by atoms with Gasteiger partial charge in [0.25, 0.3) is 0 Å². The Hall–Kier alpha value is -2.03. The fourth-order valence-corrected chi connectivity index (χ4v) is 9.10. The molecular formula is C60H113NO8P+. The van der Waals surface area contributed by atoms with Crippen LogP contribution in [0.5, 0.6) is 0 Å². The highest BCUT2D eigenvalue weighted by Crippen LogP contribution is 2.43. The number of quaternary nitrogens is 1. The van der Waals surface area contributed by atoms with Crippen LogP contribution in [0, 0.1) is 0 Å². The third-order valence-corrected chi connectivity index (χ3v) is 13.9. The van der Waals surface area contributed by atoms with Crippen LogP contribution >= 0.6 is 7.82 Å². The molecule has 0 amide bonds. The number of rotatable bonds is 54. The van der Waals surface area contributed by atoms with E-state index in [-0.39, 0.29) is 32.0 Å². The summed E-state index contributed by atoms with van der Waals surface area (Å²) >= 11 is 0. The zero-order chi connectivity index (χ0) is 51.3. The summed E-state index contributed by atoms with van der Waals surface area (Å²) in [7, 11) is 1.45. The lowest BCUT2D eigenvalue weighted by molar-refractivity contribution is -0.870. The number of hydrogen-bond donors (Lipinski definition) is 1. The van der Waals surface area contributed by atoms with Crippen molar-refractivity contribution in [1.29, 1.82) is 0 Å². The van der Waals surface area contributed by atoms with Gasteiger partial charge >= 0.3 is 19.8 Å². The van der Waals surface area contributed by atoms with E-state index in [0.29, 0.717) is 17.4 Å². The molecule has 2 atom stereocenters. The summed E-state index contributed by atoms with van der Waals surface area (Å²) in [6.07, 6.45) is 65.0. The number of allylic oxidation sites excluding steroid dienone is 8. The zero-order valence-electron chi connectivity index (χ0n) is 46.5. The minimum atomic E-state index is -4.39. The van der Waals surface area contributed by atoms with Crippen molar-refractivity contribution in [2.45, 2.75) is 277 Å². The molecule has 0 fully saturated rings. The number of ether oxygens (including phenoxy) is 2. The van der Waals surface area contributed by atoms with Gasteiger partial charge in [-0.3, -0.25) is 18.6 Å². The van der Waals surface area contributed by atoms with Crippen LogP contribution in [0.3, 0.4) is 0 Å². The van der Waals surface area contributed by atoms with Gasteiger partial charge in [-0.15, -0.1) is 0 Å². The SMILES string of the molecule is CC/C=C\C/C=C\C/C=C\C/C=C\CCCCC(=O)OC(COC(=O)CCCCCCCCCCCCCCCCCCCCCCCCCCCCCCCCC)COP(=O)(O)OCC[N+](C)(C)C. The standard InChI is InChI=1S/C60H112NO8P/c1-6-8-10-12-14-16-18-20-22-23-24-25-26-27-28-29-30-31-32-33-34-35-36-37-39-40-42-44-46-48-50-52-59(62)66-56-58(57-68-70(64,65)67-55-54-61(3,4)5)69-60(63)53-51-49-47-45-43-41-38-21-19-17-15-13-11-9-7-2/h9,11,15,17,21,38,43,45,58H,6-8,10,12-14,16,18-20,22-37,39-42,44,46-57H2,1-5H3/p+1/b11-9-,17-15-,38-21-,45-43-. The van der Waals surface area contributed by atoms with Gasteiger partial charge in [-0.1, -0.05) is 255 Å². The van der Waals surface area contributed by atoms with Crippen molar-refractivity contribution in [3.05, 3.63) is 48.6 Å². The first-order valence-electron chi connectivity index (χ1n) is 29.4. The molecule has 0 rings (SSSR count). The summed E-state index contributed by atoms with van der Waals surface area (Å²) in [4.78, 5) is 35.6. The molecule has 0 heterocycles. The Kier molecular flexibility index (Phi) is 50.4. The molecule has 0 aromatic heterocycles. The molecule has 410 valence electrons. The molecular weight excluding hydrogens is 894 g/mol. The molecule has 0 aliphatic rings. The van der Waals surface area contributed by atoms with Crippen LogP contribution in [-0.4, -0.2) is 74.9 Å². The Morgan fingerprint density at radius 3 is 1.21 bits per heavy atom. The summed E-state index contributed by atoms with van der Waals surface area (Å²) < 4.78 is 34.5. The van der Waals surface area contributed by atoms with Crippen molar-refractivity contribution in [2.24, 2.45) is 0 Å². The van der Waals surface area contributed by atoms with Crippen molar-refractivity contribution in [3.8, 4) is 0 Å². The first-order chi connectivity index (χ1) is 34.0. The van der Waals surface area contributed by atoms with Crippen LogP contribution in [-0.2, 0) is 32.7 Å². The highest BCUT2D eigenvalue weighted by molar-refractivity contribution is 7.47. The van der Waals surface area contributed by atoms with Crippen molar-refractivity contribution < 1.29 is 42.1 Å². The van der Waals surface area contributed by atoms with E-state index in [1.807, 2.05) is 21.1 Å². The number of carbonyl (C=O) groups excluding carboxylic acids is 2. The number of esters is 2. The average Bonchev–Trinajstić information content (AvgIpc) is 3.32. The normalized spacial score (nSPS) is 13.6. The van der Waals surface area contributed by atoms with E-state index in [1.54, 1.807) is 0 Å². The number of likely N-dealkylation sites (N-methyl/N-ethyl adjacent to an activating group) is 1.